The molecule has 0 spiro atoms. The Morgan fingerprint density at radius 2 is 2.14 bits per heavy atom. The number of aliphatic hydroxyl groups is 1. The van der Waals surface area contributed by atoms with Crippen LogP contribution in [0.15, 0.2) is 23.8 Å². The molecule has 0 aliphatic rings. The van der Waals surface area contributed by atoms with Gasteiger partial charge < -0.3 is 5.11 Å². The number of rotatable bonds is 2. The third kappa shape index (κ3) is 2.86. The quantitative estimate of drug-likeness (QED) is 0.793. The average molecular weight is 211 g/mol. The maximum Gasteiger partial charge on any atom is 0.0722 e. The predicted molar refractivity (Wildman–Crippen MR) is 61.5 cm³/mol. The number of benzene rings is 1. The third-order valence-electron chi connectivity index (χ3n) is 2.27. The normalized spacial score (nSPS) is 14.2. The van der Waals surface area contributed by atoms with Crippen LogP contribution in [0.2, 0.25) is 5.02 Å². The molecule has 1 nitrogen and oxygen atoms in total. The average Bonchev–Trinajstić information content (AvgIpc) is 2.09. The zero-order chi connectivity index (χ0) is 10.7. The molecular weight excluding hydrogens is 196 g/mol. The van der Waals surface area contributed by atoms with Crippen molar-refractivity contribution in [2.75, 3.05) is 0 Å². The van der Waals surface area contributed by atoms with Crippen molar-refractivity contribution in [1.82, 2.24) is 0 Å². The second-order valence-electron chi connectivity index (χ2n) is 3.57. The van der Waals surface area contributed by atoms with Crippen molar-refractivity contribution in [3.05, 3.63) is 39.9 Å². The Kier molecular flexibility index (Phi) is 3.73. The smallest absolute Gasteiger partial charge is 0.0722 e. The van der Waals surface area contributed by atoms with E-state index >= 15 is 0 Å². The molecule has 1 unspecified atom stereocenters. The van der Waals surface area contributed by atoms with Crippen LogP contribution in [0.1, 0.15) is 25.0 Å². The Bertz CT molecular complexity index is 353. The molecule has 76 valence electrons. The molecule has 1 rings (SSSR count). The summed E-state index contributed by atoms with van der Waals surface area (Å²) in [5, 5.41) is 10.1. The van der Waals surface area contributed by atoms with E-state index in [0.29, 0.717) is 0 Å². The van der Waals surface area contributed by atoms with E-state index in [-0.39, 0.29) is 0 Å². The van der Waals surface area contributed by atoms with Crippen molar-refractivity contribution in [2.24, 2.45) is 0 Å². The molecule has 0 radical (unpaired) electrons. The highest BCUT2D eigenvalue weighted by atomic mass is 35.5. The van der Waals surface area contributed by atoms with Gasteiger partial charge in [0.2, 0.25) is 0 Å². The largest absolute Gasteiger partial charge is 0.389 e. The Balaban J connectivity index is 3.03. The fraction of sp³-hybridized carbons (Fsp3) is 0.333. The molecule has 0 aliphatic heterocycles. The van der Waals surface area contributed by atoms with Gasteiger partial charge in [-0.2, -0.15) is 0 Å². The van der Waals surface area contributed by atoms with Gasteiger partial charge in [-0.25, -0.2) is 0 Å². The molecule has 1 aromatic carbocycles. The topological polar surface area (TPSA) is 20.2 Å². The first-order valence-electron chi connectivity index (χ1n) is 4.63. The van der Waals surface area contributed by atoms with Gasteiger partial charge in [0.05, 0.1) is 6.10 Å². The fourth-order valence-corrected chi connectivity index (χ4v) is 1.39. The highest BCUT2D eigenvalue weighted by Crippen LogP contribution is 2.18. The van der Waals surface area contributed by atoms with Crippen LogP contribution in [0.25, 0.3) is 6.08 Å². The Labute approximate surface area is 90.0 Å². The third-order valence-corrected chi connectivity index (χ3v) is 2.51. The van der Waals surface area contributed by atoms with E-state index < -0.39 is 6.10 Å². The molecule has 1 N–H and O–H groups in total. The van der Waals surface area contributed by atoms with E-state index in [0.717, 1.165) is 21.7 Å². The maximum absolute atomic E-state index is 9.33. The lowest BCUT2D eigenvalue weighted by molar-refractivity contribution is 0.232. The molecule has 0 amide bonds. The number of halogens is 1. The van der Waals surface area contributed by atoms with Gasteiger partial charge in [-0.1, -0.05) is 23.7 Å². The first-order chi connectivity index (χ1) is 6.50. The summed E-state index contributed by atoms with van der Waals surface area (Å²) >= 11 is 5.85. The number of aliphatic hydroxyl groups excluding tert-OH is 1. The maximum atomic E-state index is 9.33. The summed E-state index contributed by atoms with van der Waals surface area (Å²) < 4.78 is 0. The van der Waals surface area contributed by atoms with Gasteiger partial charge in [0.25, 0.3) is 0 Å². The van der Waals surface area contributed by atoms with Crippen molar-refractivity contribution >= 4 is 17.7 Å². The van der Waals surface area contributed by atoms with E-state index in [1.807, 2.05) is 38.1 Å². The molecule has 0 fully saturated rings. The van der Waals surface area contributed by atoms with Gasteiger partial charge in [0, 0.05) is 5.02 Å². The van der Waals surface area contributed by atoms with Gasteiger partial charge >= 0.3 is 0 Å². The molecular formula is C12H15ClO. The van der Waals surface area contributed by atoms with Crippen molar-refractivity contribution in [3.63, 3.8) is 0 Å². The fourth-order valence-electron chi connectivity index (χ4n) is 1.17. The first kappa shape index (κ1) is 11.3. The minimum atomic E-state index is -0.398. The molecule has 1 atom stereocenters. The summed E-state index contributed by atoms with van der Waals surface area (Å²) in [6.07, 6.45) is 1.58. The molecule has 2 heteroatoms. The monoisotopic (exact) mass is 210 g/mol. The summed E-state index contributed by atoms with van der Waals surface area (Å²) in [6, 6.07) is 5.74. The van der Waals surface area contributed by atoms with Gasteiger partial charge in [0.1, 0.15) is 0 Å². The molecule has 0 saturated heterocycles. The van der Waals surface area contributed by atoms with Crippen LogP contribution in [0, 0.1) is 6.92 Å². The van der Waals surface area contributed by atoms with Crippen LogP contribution in [0.4, 0.5) is 0 Å². The lowest BCUT2D eigenvalue weighted by atomic mass is 10.0. The first-order valence-corrected chi connectivity index (χ1v) is 5.01. The van der Waals surface area contributed by atoms with Crippen LogP contribution in [0.3, 0.4) is 0 Å². The number of hydrogen-bond donors (Lipinski definition) is 1. The van der Waals surface area contributed by atoms with Crippen LogP contribution in [-0.4, -0.2) is 11.2 Å². The van der Waals surface area contributed by atoms with E-state index in [4.69, 9.17) is 11.6 Å². The highest BCUT2D eigenvalue weighted by Gasteiger charge is 2.00. The van der Waals surface area contributed by atoms with Crippen molar-refractivity contribution in [2.45, 2.75) is 26.9 Å². The molecule has 0 saturated carbocycles. The Morgan fingerprint density at radius 1 is 1.50 bits per heavy atom. The molecule has 0 bridgehead atoms. The van der Waals surface area contributed by atoms with Crippen LogP contribution >= 0.6 is 11.6 Å². The van der Waals surface area contributed by atoms with E-state index in [2.05, 4.69) is 0 Å². The van der Waals surface area contributed by atoms with Crippen LogP contribution < -0.4 is 0 Å². The van der Waals surface area contributed by atoms with Gasteiger partial charge in [0.15, 0.2) is 0 Å². The molecule has 0 heterocycles. The van der Waals surface area contributed by atoms with E-state index in [9.17, 15) is 5.11 Å². The number of aryl methyl sites for hydroxylation is 1. The van der Waals surface area contributed by atoms with Crippen molar-refractivity contribution in [1.29, 1.82) is 0 Å². The number of hydrogen-bond acceptors (Lipinski definition) is 1. The molecule has 0 aromatic heterocycles. The van der Waals surface area contributed by atoms with Crippen LogP contribution in [-0.2, 0) is 0 Å². The summed E-state index contributed by atoms with van der Waals surface area (Å²) in [7, 11) is 0. The summed E-state index contributed by atoms with van der Waals surface area (Å²) in [5.74, 6) is 0. The van der Waals surface area contributed by atoms with Crippen LogP contribution in [0.5, 0.6) is 0 Å². The summed E-state index contributed by atoms with van der Waals surface area (Å²) in [4.78, 5) is 0. The van der Waals surface area contributed by atoms with Gasteiger partial charge in [-0.3, -0.25) is 0 Å². The van der Waals surface area contributed by atoms with Gasteiger partial charge in [-0.15, -0.1) is 0 Å². The molecule has 0 aliphatic carbocycles. The van der Waals surface area contributed by atoms with Gasteiger partial charge in [-0.05, 0) is 49.6 Å². The standard InChI is InChI=1S/C12H15ClO/c1-8(10(3)14)6-11-4-5-12(13)7-9(11)2/h4-7,10,14H,1-3H3/b8-6+. The summed E-state index contributed by atoms with van der Waals surface area (Å²) in [5.41, 5.74) is 3.18. The zero-order valence-corrected chi connectivity index (χ0v) is 9.47. The Hall–Kier alpha value is -0.790. The summed E-state index contributed by atoms with van der Waals surface area (Å²) in [6.45, 7) is 5.68. The Morgan fingerprint density at radius 3 is 2.64 bits per heavy atom. The van der Waals surface area contributed by atoms with Crippen molar-refractivity contribution in [3.8, 4) is 0 Å². The molecule has 14 heavy (non-hydrogen) atoms. The lowest BCUT2D eigenvalue weighted by Crippen LogP contribution is -2.00. The lowest BCUT2D eigenvalue weighted by Gasteiger charge is -2.06. The minimum absolute atomic E-state index is 0.398. The highest BCUT2D eigenvalue weighted by molar-refractivity contribution is 6.30. The zero-order valence-electron chi connectivity index (χ0n) is 8.71. The SMILES string of the molecule is C/C(=C\c1ccc(Cl)cc1C)C(C)O. The molecule has 1 aromatic rings. The van der Waals surface area contributed by atoms with Crippen molar-refractivity contribution < 1.29 is 5.11 Å². The second kappa shape index (κ2) is 4.63. The minimum Gasteiger partial charge on any atom is -0.389 e. The second-order valence-corrected chi connectivity index (χ2v) is 4.00. The van der Waals surface area contributed by atoms with E-state index in [1.54, 1.807) is 6.92 Å². The predicted octanol–water partition coefficient (Wildman–Crippen LogP) is 3.43. The van der Waals surface area contributed by atoms with E-state index in [1.165, 1.54) is 0 Å².